The van der Waals surface area contributed by atoms with Crippen LogP contribution in [0.1, 0.15) is 29.9 Å². The fourth-order valence-corrected chi connectivity index (χ4v) is 4.67. The molecular formula is C26H29Cl2FN2O3. The number of carbonyl (C=O) groups is 1. The van der Waals surface area contributed by atoms with Crippen molar-refractivity contribution in [3.63, 3.8) is 0 Å². The summed E-state index contributed by atoms with van der Waals surface area (Å²) in [4.78, 5) is 16.5. The van der Waals surface area contributed by atoms with E-state index in [0.29, 0.717) is 6.54 Å². The average Bonchev–Trinajstić information content (AvgIpc) is 3.27. The Bertz CT molecular complexity index is 1070. The van der Waals surface area contributed by atoms with E-state index in [4.69, 9.17) is 9.47 Å². The second-order valence-corrected chi connectivity index (χ2v) is 8.03. The molecule has 0 radical (unpaired) electrons. The monoisotopic (exact) mass is 506 g/mol. The lowest BCUT2D eigenvalue weighted by atomic mass is 9.86. The summed E-state index contributed by atoms with van der Waals surface area (Å²) in [5.41, 5.74) is 4.13. The van der Waals surface area contributed by atoms with Crippen molar-refractivity contribution in [2.45, 2.75) is 31.3 Å². The Morgan fingerprint density at radius 2 is 1.71 bits per heavy atom. The lowest BCUT2D eigenvalue weighted by molar-refractivity contribution is -0.145. The molecule has 0 amide bonds. The first-order chi connectivity index (χ1) is 15.6. The summed E-state index contributed by atoms with van der Waals surface area (Å²) in [6, 6.07) is 16.5. The number of hydrogen-bond acceptors (Lipinski definition) is 5. The van der Waals surface area contributed by atoms with E-state index in [2.05, 4.69) is 16.4 Å². The standard InChI is InChI=1S/C26H27FN2O3.2ClH/c1-31-24-10-5-19(17-11-13-28-14-12-17)15-20(24)16-29-23-9-8-22(26(30)32-2)25(23)18-3-6-21(27)7-4-18;;/h3-7,10-15,22-23,25,29H,8-9,16H2,1-2H3;2*1H. The summed E-state index contributed by atoms with van der Waals surface area (Å²) >= 11 is 0. The molecule has 1 saturated carbocycles. The fraction of sp³-hybridized carbons (Fsp3) is 0.308. The van der Waals surface area contributed by atoms with Crippen molar-refractivity contribution in [2.75, 3.05) is 14.2 Å². The van der Waals surface area contributed by atoms with Gasteiger partial charge < -0.3 is 14.8 Å². The topological polar surface area (TPSA) is 60.5 Å². The number of pyridine rings is 1. The van der Waals surface area contributed by atoms with Crippen LogP contribution in [0.5, 0.6) is 5.75 Å². The van der Waals surface area contributed by atoms with Crippen molar-refractivity contribution in [3.8, 4) is 16.9 Å². The van der Waals surface area contributed by atoms with Gasteiger partial charge in [0, 0.05) is 36.5 Å². The Balaban J connectivity index is 0.00000204. The third kappa shape index (κ3) is 6.06. The second kappa shape index (κ2) is 12.7. The molecule has 0 bridgehead atoms. The van der Waals surface area contributed by atoms with Gasteiger partial charge in [0.1, 0.15) is 11.6 Å². The number of benzene rings is 2. The number of esters is 1. The van der Waals surface area contributed by atoms with Gasteiger partial charge in [0.05, 0.1) is 20.1 Å². The number of nitrogens with zero attached hydrogens (tertiary/aromatic N) is 1. The van der Waals surface area contributed by atoms with Gasteiger partial charge in [-0.3, -0.25) is 9.78 Å². The maximum atomic E-state index is 13.5. The van der Waals surface area contributed by atoms with Gasteiger partial charge in [-0.1, -0.05) is 18.2 Å². The lowest BCUT2D eigenvalue weighted by Gasteiger charge is -2.25. The van der Waals surface area contributed by atoms with E-state index in [1.54, 1.807) is 31.6 Å². The molecule has 1 N–H and O–H groups in total. The Morgan fingerprint density at radius 3 is 2.35 bits per heavy atom. The first-order valence-corrected chi connectivity index (χ1v) is 10.7. The molecule has 0 saturated heterocycles. The fourth-order valence-electron chi connectivity index (χ4n) is 4.67. The molecule has 0 aliphatic heterocycles. The summed E-state index contributed by atoms with van der Waals surface area (Å²) < 4.78 is 24.1. The van der Waals surface area contributed by atoms with Gasteiger partial charge in [-0.15, -0.1) is 24.8 Å². The van der Waals surface area contributed by atoms with E-state index in [1.165, 1.54) is 19.2 Å². The van der Waals surface area contributed by atoms with Gasteiger partial charge in [0.15, 0.2) is 0 Å². The molecule has 5 nitrogen and oxygen atoms in total. The first-order valence-electron chi connectivity index (χ1n) is 10.7. The minimum atomic E-state index is -0.288. The zero-order chi connectivity index (χ0) is 22.5. The van der Waals surface area contributed by atoms with Crippen molar-refractivity contribution in [1.82, 2.24) is 10.3 Å². The quantitative estimate of drug-likeness (QED) is 0.424. The summed E-state index contributed by atoms with van der Waals surface area (Å²) in [5.74, 6) is -0.0500. The van der Waals surface area contributed by atoms with Gasteiger partial charge in [-0.2, -0.15) is 0 Å². The molecule has 3 unspecified atom stereocenters. The molecule has 1 aliphatic rings. The van der Waals surface area contributed by atoms with Crippen molar-refractivity contribution in [3.05, 3.63) is 83.9 Å². The van der Waals surface area contributed by atoms with E-state index < -0.39 is 0 Å². The van der Waals surface area contributed by atoms with Crippen LogP contribution in [0, 0.1) is 11.7 Å². The highest BCUT2D eigenvalue weighted by molar-refractivity contribution is 5.85. The minimum Gasteiger partial charge on any atom is -0.496 e. The molecule has 182 valence electrons. The number of rotatable bonds is 7. The highest BCUT2D eigenvalue weighted by Crippen LogP contribution is 2.41. The predicted molar refractivity (Wildman–Crippen MR) is 135 cm³/mol. The largest absolute Gasteiger partial charge is 0.496 e. The lowest BCUT2D eigenvalue weighted by Crippen LogP contribution is -2.34. The van der Waals surface area contributed by atoms with Crippen LogP contribution in [0.2, 0.25) is 0 Å². The maximum absolute atomic E-state index is 13.5. The number of hydrogen-bond donors (Lipinski definition) is 1. The zero-order valence-corrected chi connectivity index (χ0v) is 20.7. The van der Waals surface area contributed by atoms with Crippen LogP contribution in [-0.4, -0.2) is 31.2 Å². The van der Waals surface area contributed by atoms with Crippen LogP contribution < -0.4 is 10.1 Å². The van der Waals surface area contributed by atoms with Crippen LogP contribution in [0.4, 0.5) is 4.39 Å². The van der Waals surface area contributed by atoms with Crippen molar-refractivity contribution < 1.29 is 18.7 Å². The second-order valence-electron chi connectivity index (χ2n) is 8.03. The molecule has 34 heavy (non-hydrogen) atoms. The number of methoxy groups -OCH3 is 2. The Kier molecular flexibility index (Phi) is 10.3. The molecule has 0 spiro atoms. The smallest absolute Gasteiger partial charge is 0.309 e. The van der Waals surface area contributed by atoms with Crippen molar-refractivity contribution >= 4 is 30.8 Å². The van der Waals surface area contributed by atoms with E-state index in [-0.39, 0.29) is 54.5 Å². The van der Waals surface area contributed by atoms with E-state index in [9.17, 15) is 9.18 Å². The van der Waals surface area contributed by atoms with E-state index >= 15 is 0 Å². The highest BCUT2D eigenvalue weighted by atomic mass is 35.5. The summed E-state index contributed by atoms with van der Waals surface area (Å²) in [5, 5.41) is 3.63. The van der Waals surface area contributed by atoms with E-state index in [1.807, 2.05) is 24.3 Å². The Morgan fingerprint density at radius 1 is 1.00 bits per heavy atom. The minimum absolute atomic E-state index is 0. The number of halogens is 3. The summed E-state index contributed by atoms with van der Waals surface area (Å²) in [7, 11) is 3.08. The SMILES string of the molecule is COC(=O)C1CCC(NCc2cc(-c3ccncc3)ccc2OC)C1c1ccc(F)cc1.Cl.Cl. The van der Waals surface area contributed by atoms with Crippen LogP contribution in [0.3, 0.4) is 0 Å². The molecule has 1 aliphatic carbocycles. The molecule has 1 fully saturated rings. The normalized spacial score (nSPS) is 19.0. The zero-order valence-electron chi connectivity index (χ0n) is 19.1. The third-order valence-corrected chi connectivity index (χ3v) is 6.26. The molecule has 1 heterocycles. The maximum Gasteiger partial charge on any atom is 0.309 e. The third-order valence-electron chi connectivity index (χ3n) is 6.26. The van der Waals surface area contributed by atoms with Gasteiger partial charge >= 0.3 is 5.97 Å². The highest BCUT2D eigenvalue weighted by Gasteiger charge is 2.41. The van der Waals surface area contributed by atoms with Crippen LogP contribution in [0.25, 0.3) is 11.1 Å². The molecule has 2 aromatic carbocycles. The molecule has 3 aromatic rings. The first kappa shape index (κ1) is 27.6. The molecular weight excluding hydrogens is 478 g/mol. The van der Waals surface area contributed by atoms with E-state index in [0.717, 1.165) is 40.8 Å². The van der Waals surface area contributed by atoms with Gasteiger partial charge in [0.2, 0.25) is 0 Å². The van der Waals surface area contributed by atoms with Crippen molar-refractivity contribution in [1.29, 1.82) is 0 Å². The number of aromatic nitrogens is 1. The van der Waals surface area contributed by atoms with Gasteiger partial charge in [0.25, 0.3) is 0 Å². The average molecular weight is 507 g/mol. The summed E-state index contributed by atoms with van der Waals surface area (Å²) in [6.45, 7) is 0.582. The molecule has 4 rings (SSSR count). The summed E-state index contributed by atoms with van der Waals surface area (Å²) in [6.07, 6.45) is 5.10. The Hall–Kier alpha value is -2.67. The number of carbonyl (C=O) groups excluding carboxylic acids is 1. The number of nitrogens with one attached hydrogen (secondary N) is 1. The predicted octanol–water partition coefficient (Wildman–Crippen LogP) is 5.56. The molecule has 3 atom stereocenters. The van der Waals surface area contributed by atoms with Crippen LogP contribution >= 0.6 is 24.8 Å². The van der Waals surface area contributed by atoms with Crippen LogP contribution in [0.15, 0.2) is 67.0 Å². The molecule has 1 aromatic heterocycles. The number of ether oxygens (including phenoxy) is 2. The van der Waals surface area contributed by atoms with Gasteiger partial charge in [-0.05, 0) is 65.9 Å². The van der Waals surface area contributed by atoms with Crippen molar-refractivity contribution in [2.24, 2.45) is 5.92 Å². The van der Waals surface area contributed by atoms with Gasteiger partial charge in [-0.25, -0.2) is 4.39 Å². The Labute approximate surface area is 211 Å². The van der Waals surface area contributed by atoms with Crippen LogP contribution in [-0.2, 0) is 16.1 Å². The molecule has 8 heteroatoms.